The fourth-order valence-electron chi connectivity index (χ4n) is 6.21. The fourth-order valence-corrected chi connectivity index (χ4v) is 6.21. The lowest BCUT2D eigenvalue weighted by Crippen LogP contribution is -2.57. The molecule has 0 radical (unpaired) electrons. The molecule has 5 amide bonds. The van der Waals surface area contributed by atoms with Crippen LogP contribution in [0.15, 0.2) is 0 Å². The van der Waals surface area contributed by atoms with Crippen LogP contribution in [-0.2, 0) is 38.4 Å². The summed E-state index contributed by atoms with van der Waals surface area (Å²) in [5, 5.41) is 57.1. The molecule has 0 aromatic heterocycles. The van der Waals surface area contributed by atoms with Gasteiger partial charge in [0, 0.05) is 58.9 Å². The lowest BCUT2D eigenvalue weighted by molar-refractivity contribution is -0.140. The van der Waals surface area contributed by atoms with Gasteiger partial charge in [0.15, 0.2) is 0 Å². The van der Waals surface area contributed by atoms with E-state index in [0.717, 1.165) is 0 Å². The first-order valence-electron chi connectivity index (χ1n) is 18.2. The normalized spacial score (nSPS) is 19.3. The largest absolute Gasteiger partial charge is 0.480 e. The molecular formula is C32H56BN9O13. The van der Waals surface area contributed by atoms with E-state index in [1.54, 1.807) is 33.4 Å². The van der Waals surface area contributed by atoms with Gasteiger partial charge in [0.2, 0.25) is 29.5 Å². The van der Waals surface area contributed by atoms with Gasteiger partial charge in [0.25, 0.3) is 0 Å². The summed E-state index contributed by atoms with van der Waals surface area (Å²) in [7, 11) is -1.72. The van der Waals surface area contributed by atoms with E-state index in [0.29, 0.717) is 19.4 Å². The van der Waals surface area contributed by atoms with E-state index in [-0.39, 0.29) is 78.5 Å². The van der Waals surface area contributed by atoms with E-state index in [1.165, 1.54) is 11.8 Å². The number of nitrogens with zero attached hydrogens (tertiary/aromatic N) is 5. The highest BCUT2D eigenvalue weighted by Crippen LogP contribution is 2.19. The summed E-state index contributed by atoms with van der Waals surface area (Å²) in [5.41, 5.74) is 0. The molecule has 0 spiro atoms. The number of carboxylic acid groups (broad SMARTS) is 3. The van der Waals surface area contributed by atoms with Crippen LogP contribution in [0.4, 0.5) is 0 Å². The molecular weight excluding hydrogens is 729 g/mol. The minimum Gasteiger partial charge on any atom is -0.480 e. The van der Waals surface area contributed by atoms with Gasteiger partial charge in [0.05, 0.1) is 45.2 Å². The Morgan fingerprint density at radius 2 is 1.02 bits per heavy atom. The first-order valence-corrected chi connectivity index (χ1v) is 18.2. The summed E-state index contributed by atoms with van der Waals surface area (Å²) in [5.74, 6) is -7.58. The Balaban J connectivity index is 1.91. The van der Waals surface area contributed by atoms with Crippen LogP contribution in [0.25, 0.3) is 0 Å². The SMILES string of the molecule is CC(C)[C@H](NC(=O)CNC(=O)CNC(=O)CN1CCN(CC(=O)O)CCN(CC(=O)O)CCN(CC(=O)O)CC1)C(=O)N[C@@H](C)C(=O)N1CCC[C@H]1B(O)O. The Bertz CT molecular complexity index is 1330. The second-order valence-electron chi connectivity index (χ2n) is 14.0. The predicted octanol–water partition coefficient (Wildman–Crippen LogP) is -5.66. The van der Waals surface area contributed by atoms with Gasteiger partial charge < -0.3 is 51.5 Å². The lowest BCUT2D eigenvalue weighted by atomic mass is 9.78. The molecule has 23 heteroatoms. The minimum atomic E-state index is -1.72. The number of nitrogens with one attached hydrogen (secondary N) is 4. The summed E-state index contributed by atoms with van der Waals surface area (Å²) in [6.07, 6.45) is 0.988. The number of carboxylic acids is 3. The summed E-state index contributed by atoms with van der Waals surface area (Å²) in [4.78, 5) is 106. The molecule has 2 heterocycles. The van der Waals surface area contributed by atoms with Gasteiger partial charge in [-0.1, -0.05) is 13.8 Å². The zero-order valence-electron chi connectivity index (χ0n) is 31.6. The summed E-state index contributed by atoms with van der Waals surface area (Å²) >= 11 is 0. The molecule has 2 aliphatic rings. The third-order valence-electron chi connectivity index (χ3n) is 9.19. The smallest absolute Gasteiger partial charge is 0.475 e. The molecule has 9 N–H and O–H groups in total. The van der Waals surface area contributed by atoms with Gasteiger partial charge in [-0.15, -0.1) is 0 Å². The summed E-state index contributed by atoms with van der Waals surface area (Å²) in [6.45, 7) is 4.59. The second-order valence-corrected chi connectivity index (χ2v) is 14.0. The van der Waals surface area contributed by atoms with E-state index in [4.69, 9.17) is 0 Å². The Morgan fingerprint density at radius 1 is 0.600 bits per heavy atom. The maximum Gasteiger partial charge on any atom is 0.475 e. The Morgan fingerprint density at radius 3 is 1.44 bits per heavy atom. The molecule has 3 atom stereocenters. The Kier molecular flexibility index (Phi) is 20.0. The second kappa shape index (κ2) is 23.5. The van der Waals surface area contributed by atoms with E-state index in [9.17, 15) is 63.7 Å². The maximum absolute atomic E-state index is 13.0. The molecule has 0 saturated carbocycles. The van der Waals surface area contributed by atoms with E-state index < -0.39 is 91.6 Å². The molecule has 0 aromatic carbocycles. The van der Waals surface area contributed by atoms with Crippen LogP contribution in [0.1, 0.15) is 33.6 Å². The number of carbonyl (C=O) groups is 8. The van der Waals surface area contributed by atoms with Crippen molar-refractivity contribution in [2.75, 3.05) is 98.2 Å². The number of hydrogen-bond donors (Lipinski definition) is 9. The highest BCUT2D eigenvalue weighted by atomic mass is 16.4. The zero-order valence-corrected chi connectivity index (χ0v) is 31.6. The third-order valence-corrected chi connectivity index (χ3v) is 9.19. The Labute approximate surface area is 319 Å². The van der Waals surface area contributed by atoms with Gasteiger partial charge in [-0.05, 0) is 25.7 Å². The summed E-state index contributed by atoms with van der Waals surface area (Å²) in [6, 6.07) is -2.09. The van der Waals surface area contributed by atoms with Crippen molar-refractivity contribution >= 4 is 54.6 Å². The molecule has 0 bridgehead atoms. The van der Waals surface area contributed by atoms with Crippen LogP contribution in [0.3, 0.4) is 0 Å². The lowest BCUT2D eigenvalue weighted by Gasteiger charge is -2.32. The molecule has 2 fully saturated rings. The average Bonchev–Trinajstić information content (AvgIpc) is 3.59. The number of likely N-dealkylation sites (tertiary alicyclic amines) is 1. The highest BCUT2D eigenvalue weighted by Gasteiger charge is 2.39. The zero-order chi connectivity index (χ0) is 41.2. The maximum atomic E-state index is 13.0. The third kappa shape index (κ3) is 17.7. The monoisotopic (exact) mass is 785 g/mol. The number of carbonyl (C=O) groups excluding carboxylic acids is 5. The first kappa shape index (κ1) is 46.7. The van der Waals surface area contributed by atoms with Gasteiger partial charge >= 0.3 is 25.0 Å². The molecule has 0 aromatic rings. The quantitative estimate of drug-likeness (QED) is 0.0585. The topological polar surface area (TPSA) is 302 Å². The van der Waals surface area contributed by atoms with Crippen molar-refractivity contribution in [2.45, 2.75) is 51.6 Å². The van der Waals surface area contributed by atoms with Crippen molar-refractivity contribution < 1.29 is 63.7 Å². The van der Waals surface area contributed by atoms with E-state index >= 15 is 0 Å². The van der Waals surface area contributed by atoms with Crippen LogP contribution in [0, 0.1) is 5.92 Å². The van der Waals surface area contributed by atoms with Gasteiger partial charge in [-0.3, -0.25) is 58.0 Å². The van der Waals surface area contributed by atoms with Crippen LogP contribution in [-0.4, -0.2) is 221 Å². The van der Waals surface area contributed by atoms with Crippen LogP contribution in [0.5, 0.6) is 0 Å². The molecule has 2 aliphatic heterocycles. The highest BCUT2D eigenvalue weighted by molar-refractivity contribution is 6.43. The number of aliphatic carboxylic acids is 3. The van der Waals surface area contributed by atoms with Gasteiger partial charge in [-0.2, -0.15) is 0 Å². The van der Waals surface area contributed by atoms with Crippen LogP contribution in [0.2, 0.25) is 0 Å². The minimum absolute atomic E-state index is 0.201. The molecule has 0 aliphatic carbocycles. The molecule has 0 unspecified atom stereocenters. The fraction of sp³-hybridized carbons (Fsp3) is 0.750. The van der Waals surface area contributed by atoms with Gasteiger partial charge in [0.1, 0.15) is 12.1 Å². The predicted molar refractivity (Wildman–Crippen MR) is 194 cm³/mol. The molecule has 2 rings (SSSR count). The van der Waals surface area contributed by atoms with Crippen molar-refractivity contribution in [3.8, 4) is 0 Å². The molecule has 22 nitrogen and oxygen atoms in total. The van der Waals surface area contributed by atoms with Crippen molar-refractivity contribution in [1.29, 1.82) is 0 Å². The van der Waals surface area contributed by atoms with Crippen molar-refractivity contribution in [3.05, 3.63) is 0 Å². The van der Waals surface area contributed by atoms with Crippen molar-refractivity contribution in [3.63, 3.8) is 0 Å². The first-order chi connectivity index (χ1) is 25.9. The van der Waals surface area contributed by atoms with Crippen LogP contribution >= 0.6 is 0 Å². The van der Waals surface area contributed by atoms with Gasteiger partial charge in [-0.25, -0.2) is 0 Å². The van der Waals surface area contributed by atoms with E-state index in [1.807, 2.05) is 0 Å². The number of amides is 5. The molecule has 310 valence electrons. The van der Waals surface area contributed by atoms with Crippen molar-refractivity contribution in [1.82, 2.24) is 45.8 Å². The average molecular weight is 786 g/mol. The number of rotatable bonds is 18. The van der Waals surface area contributed by atoms with Crippen molar-refractivity contribution in [2.24, 2.45) is 5.92 Å². The number of hydrogen-bond acceptors (Lipinski definition) is 14. The summed E-state index contributed by atoms with van der Waals surface area (Å²) < 4.78 is 0. The van der Waals surface area contributed by atoms with E-state index in [2.05, 4.69) is 21.3 Å². The Hall–Kier alpha value is -4.42. The standard InChI is InChI=1S/C32H56BN9O13/c1-21(2)30(31(52)36-22(3)32(53)42-6-4-5-23(42)33(54)55)37-25(44)16-34-24(43)15-35-26(45)17-38-7-9-39(18-27(46)47)11-13-41(20-29(50)51)14-12-40(10-8-38)19-28(48)49/h21-23,30,54-55H,4-20H2,1-3H3,(H,34,43)(H,35,45)(H,36,52)(H,37,44)(H,46,47)(H,48,49)(H,50,51)/t22-,23-,30-/m0/s1. The van der Waals surface area contributed by atoms with Crippen LogP contribution < -0.4 is 21.3 Å². The molecule has 55 heavy (non-hydrogen) atoms. The molecule has 2 saturated heterocycles.